The van der Waals surface area contributed by atoms with Gasteiger partial charge in [-0.1, -0.05) is 23.2 Å². The SMILES string of the molecule is Cc1cc(Oc2ncccn2)ccc1NC(=O)Cc1c(C)nn(-c2ccc(Cl)c(Cl)c2)c1C. The average molecular weight is 482 g/mol. The first kappa shape index (κ1) is 22.8. The highest BCUT2D eigenvalue weighted by Gasteiger charge is 2.17. The van der Waals surface area contributed by atoms with Crippen LogP contribution in [0.25, 0.3) is 5.69 Å². The summed E-state index contributed by atoms with van der Waals surface area (Å²) in [5, 5.41) is 8.48. The lowest BCUT2D eigenvalue weighted by atomic mass is 10.1. The lowest BCUT2D eigenvalue weighted by Gasteiger charge is -2.11. The molecule has 1 amide bonds. The maximum absolute atomic E-state index is 12.8. The van der Waals surface area contributed by atoms with Crippen LogP contribution >= 0.6 is 23.2 Å². The van der Waals surface area contributed by atoms with Gasteiger partial charge in [0.15, 0.2) is 0 Å². The topological polar surface area (TPSA) is 81.9 Å². The van der Waals surface area contributed by atoms with Gasteiger partial charge in [0.25, 0.3) is 0 Å². The quantitative estimate of drug-likeness (QED) is 0.372. The van der Waals surface area contributed by atoms with E-state index in [1.807, 2.05) is 32.9 Å². The van der Waals surface area contributed by atoms with Crippen LogP contribution in [0, 0.1) is 20.8 Å². The van der Waals surface area contributed by atoms with Crippen LogP contribution in [-0.4, -0.2) is 25.7 Å². The number of nitrogens with one attached hydrogen (secondary N) is 1. The third kappa shape index (κ3) is 5.16. The number of hydrogen-bond donors (Lipinski definition) is 1. The molecule has 0 spiro atoms. The Balaban J connectivity index is 1.48. The molecular weight excluding hydrogens is 461 g/mol. The minimum Gasteiger partial charge on any atom is -0.424 e. The fourth-order valence-electron chi connectivity index (χ4n) is 3.44. The van der Waals surface area contributed by atoms with Crippen molar-refractivity contribution in [1.29, 1.82) is 0 Å². The molecule has 4 aromatic rings. The zero-order valence-corrected chi connectivity index (χ0v) is 19.8. The normalized spacial score (nSPS) is 10.8. The molecule has 7 nitrogen and oxygen atoms in total. The number of anilines is 1. The summed E-state index contributed by atoms with van der Waals surface area (Å²) in [5.74, 6) is 0.448. The van der Waals surface area contributed by atoms with Crippen molar-refractivity contribution < 1.29 is 9.53 Å². The Morgan fingerprint density at radius 1 is 1.03 bits per heavy atom. The van der Waals surface area contributed by atoms with Gasteiger partial charge in [-0.15, -0.1) is 0 Å². The summed E-state index contributed by atoms with van der Waals surface area (Å²) in [5.41, 5.74) is 4.84. The maximum atomic E-state index is 12.8. The number of carbonyl (C=O) groups is 1. The number of rotatable bonds is 6. The number of ether oxygens (including phenoxy) is 1. The smallest absolute Gasteiger partial charge is 0.321 e. The molecule has 2 heterocycles. The molecule has 0 fully saturated rings. The molecule has 0 atom stereocenters. The van der Waals surface area contributed by atoms with Crippen molar-refractivity contribution in [2.24, 2.45) is 0 Å². The first-order valence-electron chi connectivity index (χ1n) is 10.2. The molecule has 2 aromatic carbocycles. The second-order valence-corrected chi connectivity index (χ2v) is 8.31. The van der Waals surface area contributed by atoms with Crippen molar-refractivity contribution in [3.63, 3.8) is 0 Å². The first-order chi connectivity index (χ1) is 15.8. The van der Waals surface area contributed by atoms with E-state index < -0.39 is 0 Å². The molecule has 9 heteroatoms. The van der Waals surface area contributed by atoms with Gasteiger partial charge in [0.2, 0.25) is 5.91 Å². The van der Waals surface area contributed by atoms with Crippen molar-refractivity contribution in [1.82, 2.24) is 19.7 Å². The molecule has 33 heavy (non-hydrogen) atoms. The Labute approximate surface area is 201 Å². The summed E-state index contributed by atoms with van der Waals surface area (Å²) in [6.45, 7) is 5.70. The molecule has 0 saturated heterocycles. The monoisotopic (exact) mass is 481 g/mol. The number of hydrogen-bond acceptors (Lipinski definition) is 5. The van der Waals surface area contributed by atoms with Crippen LogP contribution in [0.4, 0.5) is 5.69 Å². The molecule has 0 saturated carbocycles. The van der Waals surface area contributed by atoms with E-state index in [0.29, 0.717) is 21.5 Å². The minimum absolute atomic E-state index is 0.141. The van der Waals surface area contributed by atoms with Gasteiger partial charge in [-0.3, -0.25) is 4.79 Å². The fourth-order valence-corrected chi connectivity index (χ4v) is 3.73. The highest BCUT2D eigenvalue weighted by atomic mass is 35.5. The van der Waals surface area contributed by atoms with Crippen LogP contribution < -0.4 is 10.1 Å². The Morgan fingerprint density at radius 3 is 2.48 bits per heavy atom. The van der Waals surface area contributed by atoms with Crippen LogP contribution in [-0.2, 0) is 11.2 Å². The van der Waals surface area contributed by atoms with Crippen LogP contribution in [0.2, 0.25) is 10.0 Å². The zero-order valence-electron chi connectivity index (χ0n) is 18.3. The fraction of sp³-hybridized carbons (Fsp3) is 0.167. The summed E-state index contributed by atoms with van der Waals surface area (Å²) in [7, 11) is 0. The maximum Gasteiger partial charge on any atom is 0.321 e. The van der Waals surface area contributed by atoms with E-state index in [-0.39, 0.29) is 18.3 Å². The van der Waals surface area contributed by atoms with Crippen LogP contribution in [0.15, 0.2) is 54.9 Å². The Hall–Kier alpha value is -3.42. The Kier molecular flexibility index (Phi) is 6.62. The predicted molar refractivity (Wildman–Crippen MR) is 129 cm³/mol. The molecule has 0 aliphatic heterocycles. The molecule has 0 aliphatic carbocycles. The predicted octanol–water partition coefficient (Wildman–Crippen LogP) is 5.87. The van der Waals surface area contributed by atoms with Crippen molar-refractivity contribution in [3.8, 4) is 17.4 Å². The number of amides is 1. The van der Waals surface area contributed by atoms with E-state index in [0.717, 1.165) is 28.2 Å². The van der Waals surface area contributed by atoms with Crippen molar-refractivity contribution >= 4 is 34.8 Å². The van der Waals surface area contributed by atoms with E-state index in [4.69, 9.17) is 27.9 Å². The van der Waals surface area contributed by atoms with E-state index in [9.17, 15) is 4.79 Å². The van der Waals surface area contributed by atoms with Gasteiger partial charge in [-0.2, -0.15) is 5.10 Å². The third-order valence-electron chi connectivity index (χ3n) is 5.15. The Morgan fingerprint density at radius 2 is 1.79 bits per heavy atom. The van der Waals surface area contributed by atoms with Crippen LogP contribution in [0.5, 0.6) is 11.8 Å². The largest absolute Gasteiger partial charge is 0.424 e. The highest BCUT2D eigenvalue weighted by molar-refractivity contribution is 6.42. The lowest BCUT2D eigenvalue weighted by molar-refractivity contribution is -0.115. The van der Waals surface area contributed by atoms with Gasteiger partial charge >= 0.3 is 6.01 Å². The van der Waals surface area contributed by atoms with E-state index in [1.165, 1.54) is 0 Å². The number of halogens is 2. The van der Waals surface area contributed by atoms with Gasteiger partial charge in [-0.25, -0.2) is 14.6 Å². The molecule has 0 radical (unpaired) electrons. The molecule has 0 bridgehead atoms. The zero-order chi connectivity index (χ0) is 23.5. The molecular formula is C24H21Cl2N5O2. The molecule has 0 unspecified atom stereocenters. The number of aromatic nitrogens is 4. The summed E-state index contributed by atoms with van der Waals surface area (Å²) in [6, 6.07) is 12.7. The van der Waals surface area contributed by atoms with Crippen molar-refractivity contribution in [2.45, 2.75) is 27.2 Å². The van der Waals surface area contributed by atoms with Gasteiger partial charge < -0.3 is 10.1 Å². The molecule has 0 aliphatic rings. The van der Waals surface area contributed by atoms with Crippen molar-refractivity contribution in [3.05, 3.63) is 87.4 Å². The highest BCUT2D eigenvalue weighted by Crippen LogP contribution is 2.27. The number of carbonyl (C=O) groups excluding carboxylic acids is 1. The first-order valence-corrected chi connectivity index (χ1v) is 10.9. The van der Waals surface area contributed by atoms with Gasteiger partial charge in [0.05, 0.1) is 27.8 Å². The standard InChI is InChI=1S/C24H21Cl2N5O2/c1-14-11-18(33-24-27-9-4-10-28-24)6-8-22(14)29-23(32)13-19-15(2)30-31(16(19)3)17-5-7-20(25)21(26)12-17/h4-12H,13H2,1-3H3,(H,29,32). The average Bonchev–Trinajstić information content (AvgIpc) is 3.06. The van der Waals surface area contributed by atoms with E-state index >= 15 is 0 Å². The summed E-state index contributed by atoms with van der Waals surface area (Å²) in [6.07, 6.45) is 3.41. The molecule has 2 aromatic heterocycles. The number of benzene rings is 2. The van der Waals surface area contributed by atoms with Crippen molar-refractivity contribution in [2.75, 3.05) is 5.32 Å². The molecule has 1 N–H and O–H groups in total. The van der Waals surface area contributed by atoms with Crippen LogP contribution in [0.1, 0.15) is 22.5 Å². The number of aryl methyl sites for hydroxylation is 2. The molecule has 168 valence electrons. The number of nitrogens with zero attached hydrogens (tertiary/aromatic N) is 4. The summed E-state index contributed by atoms with van der Waals surface area (Å²) < 4.78 is 7.41. The summed E-state index contributed by atoms with van der Waals surface area (Å²) in [4.78, 5) is 20.9. The van der Waals surface area contributed by atoms with Gasteiger partial charge in [0, 0.05) is 29.3 Å². The third-order valence-corrected chi connectivity index (χ3v) is 5.89. The Bertz CT molecular complexity index is 1320. The minimum atomic E-state index is -0.141. The van der Waals surface area contributed by atoms with Crippen LogP contribution in [0.3, 0.4) is 0 Å². The van der Waals surface area contributed by atoms with Gasteiger partial charge in [-0.05, 0) is 68.8 Å². The lowest BCUT2D eigenvalue weighted by Crippen LogP contribution is -2.16. The summed E-state index contributed by atoms with van der Waals surface area (Å²) >= 11 is 12.2. The molecule has 4 rings (SSSR count). The second-order valence-electron chi connectivity index (χ2n) is 7.49. The van der Waals surface area contributed by atoms with Gasteiger partial charge in [0.1, 0.15) is 5.75 Å². The second kappa shape index (κ2) is 9.60. The van der Waals surface area contributed by atoms with E-state index in [1.54, 1.807) is 47.4 Å². The van der Waals surface area contributed by atoms with E-state index in [2.05, 4.69) is 20.4 Å².